The Morgan fingerprint density at radius 2 is 2.10 bits per heavy atom. The van der Waals surface area contributed by atoms with Gasteiger partial charge in [0.2, 0.25) is 0 Å². The minimum absolute atomic E-state index is 0.0110. The highest BCUT2D eigenvalue weighted by Gasteiger charge is 2.31. The van der Waals surface area contributed by atoms with Crippen LogP contribution in [-0.2, 0) is 12.4 Å². The molecule has 6 nitrogen and oxygen atoms in total. The van der Waals surface area contributed by atoms with Gasteiger partial charge in [-0.05, 0) is 12.8 Å². The molecule has 0 amide bonds. The summed E-state index contributed by atoms with van der Waals surface area (Å²) in [5, 5.41) is 9.85. The number of rotatable bonds is 3. The van der Waals surface area contributed by atoms with Crippen molar-refractivity contribution in [3.63, 3.8) is 0 Å². The van der Waals surface area contributed by atoms with Gasteiger partial charge in [-0.15, -0.1) is 11.3 Å². The lowest BCUT2D eigenvalue weighted by Crippen LogP contribution is -2.37. The molecule has 1 N–H and O–H groups in total. The molecule has 0 atom stereocenters. The fraction of sp³-hybridized carbons (Fsp3) is 0.417. The smallest absolute Gasteiger partial charge is 0.337 e. The number of hydrogen-bond donors (Lipinski definition) is 1. The predicted octanol–water partition coefficient (Wildman–Crippen LogP) is 1.69. The molecule has 0 aliphatic heterocycles. The molecule has 0 bridgehead atoms. The zero-order valence-electron chi connectivity index (χ0n) is 10.6. The molecule has 1 saturated carbocycles. The van der Waals surface area contributed by atoms with Crippen molar-refractivity contribution in [1.29, 1.82) is 0 Å². The molecule has 20 heavy (non-hydrogen) atoms. The van der Waals surface area contributed by atoms with Crippen LogP contribution >= 0.6 is 27.3 Å². The number of hydrogen-bond acceptors (Lipinski definition) is 4. The Bertz CT molecular complexity index is 844. The first kappa shape index (κ1) is 13.6. The molecule has 0 radical (unpaired) electrons. The SMILES string of the molecule is Cn1c(=O)c2c(C(=O)O)c(CBr)sc2n(C2CC2)c1=O. The van der Waals surface area contributed by atoms with E-state index >= 15 is 0 Å². The van der Waals surface area contributed by atoms with E-state index in [0.717, 1.165) is 17.4 Å². The normalized spacial score (nSPS) is 14.9. The molecule has 1 aliphatic carbocycles. The Morgan fingerprint density at radius 1 is 1.45 bits per heavy atom. The van der Waals surface area contributed by atoms with Crippen LogP contribution in [0, 0.1) is 0 Å². The number of carboxylic acid groups (broad SMARTS) is 1. The number of thiophene rings is 1. The highest BCUT2D eigenvalue weighted by Crippen LogP contribution is 2.39. The number of nitrogens with zero attached hydrogens (tertiary/aromatic N) is 2. The van der Waals surface area contributed by atoms with Crippen LogP contribution < -0.4 is 11.2 Å². The second-order valence-electron chi connectivity index (χ2n) is 4.77. The van der Waals surface area contributed by atoms with Crippen LogP contribution in [0.25, 0.3) is 10.2 Å². The second-order valence-corrected chi connectivity index (χ2v) is 6.41. The van der Waals surface area contributed by atoms with E-state index in [4.69, 9.17) is 0 Å². The number of carboxylic acids is 1. The van der Waals surface area contributed by atoms with Crippen molar-refractivity contribution in [1.82, 2.24) is 9.13 Å². The molecule has 1 fully saturated rings. The van der Waals surface area contributed by atoms with E-state index in [1.54, 1.807) is 4.57 Å². The number of aromatic carboxylic acids is 1. The van der Waals surface area contributed by atoms with Gasteiger partial charge in [0.05, 0.1) is 10.9 Å². The summed E-state index contributed by atoms with van der Waals surface area (Å²) >= 11 is 4.45. The van der Waals surface area contributed by atoms with E-state index in [1.165, 1.54) is 18.4 Å². The number of aromatic nitrogens is 2. The van der Waals surface area contributed by atoms with Crippen molar-refractivity contribution >= 4 is 43.5 Å². The van der Waals surface area contributed by atoms with E-state index in [2.05, 4.69) is 15.9 Å². The molecule has 0 spiro atoms. The summed E-state index contributed by atoms with van der Waals surface area (Å²) in [4.78, 5) is 37.0. The van der Waals surface area contributed by atoms with Gasteiger partial charge in [0.1, 0.15) is 4.83 Å². The van der Waals surface area contributed by atoms with Crippen LogP contribution in [-0.4, -0.2) is 20.2 Å². The monoisotopic (exact) mass is 358 g/mol. The van der Waals surface area contributed by atoms with Gasteiger partial charge in [0.15, 0.2) is 0 Å². The highest BCUT2D eigenvalue weighted by atomic mass is 79.9. The summed E-state index contributed by atoms with van der Waals surface area (Å²) < 4.78 is 2.57. The van der Waals surface area contributed by atoms with Crippen molar-refractivity contribution in [2.24, 2.45) is 7.05 Å². The van der Waals surface area contributed by atoms with Crippen molar-refractivity contribution in [3.05, 3.63) is 31.3 Å². The van der Waals surface area contributed by atoms with E-state index in [0.29, 0.717) is 15.0 Å². The maximum Gasteiger partial charge on any atom is 0.337 e. The molecule has 1 aliphatic rings. The average molecular weight is 359 g/mol. The van der Waals surface area contributed by atoms with Gasteiger partial charge in [0, 0.05) is 23.3 Å². The third-order valence-corrected chi connectivity index (χ3v) is 5.56. The summed E-state index contributed by atoms with van der Waals surface area (Å²) in [6.07, 6.45) is 1.77. The molecule has 8 heteroatoms. The fourth-order valence-electron chi connectivity index (χ4n) is 2.31. The largest absolute Gasteiger partial charge is 0.478 e. The summed E-state index contributed by atoms with van der Waals surface area (Å²) in [5.41, 5.74) is -0.899. The minimum Gasteiger partial charge on any atom is -0.478 e. The second kappa shape index (κ2) is 4.56. The van der Waals surface area contributed by atoms with Gasteiger partial charge in [-0.1, -0.05) is 15.9 Å². The maximum absolute atomic E-state index is 12.3. The molecular weight excluding hydrogens is 348 g/mol. The van der Waals surface area contributed by atoms with Gasteiger partial charge in [-0.25, -0.2) is 9.59 Å². The molecule has 106 valence electrons. The van der Waals surface area contributed by atoms with Gasteiger partial charge >= 0.3 is 11.7 Å². The summed E-state index contributed by atoms with van der Waals surface area (Å²) in [7, 11) is 1.39. The third kappa shape index (κ3) is 1.78. The van der Waals surface area contributed by atoms with Crippen LogP contribution in [0.4, 0.5) is 0 Å². The molecule has 2 aromatic heterocycles. The highest BCUT2D eigenvalue weighted by molar-refractivity contribution is 9.08. The zero-order valence-corrected chi connectivity index (χ0v) is 13.0. The lowest BCUT2D eigenvalue weighted by Gasteiger charge is -2.07. The summed E-state index contributed by atoms with van der Waals surface area (Å²) in [5.74, 6) is -1.14. The Labute approximate surface area is 125 Å². The van der Waals surface area contributed by atoms with Crippen molar-refractivity contribution < 1.29 is 9.90 Å². The summed E-state index contributed by atoms with van der Waals surface area (Å²) in [6, 6.07) is 0.0836. The number of carbonyl (C=O) groups is 1. The first-order chi connectivity index (χ1) is 9.47. The predicted molar refractivity (Wildman–Crippen MR) is 79.2 cm³/mol. The topological polar surface area (TPSA) is 81.3 Å². The van der Waals surface area contributed by atoms with Crippen molar-refractivity contribution in [2.45, 2.75) is 24.2 Å². The average Bonchev–Trinajstić information content (AvgIpc) is 3.15. The van der Waals surface area contributed by atoms with Gasteiger partial charge < -0.3 is 5.11 Å². The van der Waals surface area contributed by atoms with Gasteiger partial charge in [-0.2, -0.15) is 0 Å². The van der Waals surface area contributed by atoms with Gasteiger partial charge in [-0.3, -0.25) is 13.9 Å². The molecule has 0 saturated heterocycles. The molecule has 0 aromatic carbocycles. The Morgan fingerprint density at radius 3 is 2.60 bits per heavy atom. The molecular formula is C12H11BrN2O4S. The number of fused-ring (bicyclic) bond motifs is 1. The molecule has 2 aromatic rings. The van der Waals surface area contributed by atoms with Crippen LogP contribution in [0.5, 0.6) is 0 Å². The van der Waals surface area contributed by atoms with Crippen LogP contribution in [0.15, 0.2) is 9.59 Å². The van der Waals surface area contributed by atoms with Crippen LogP contribution in [0.3, 0.4) is 0 Å². The first-order valence-electron chi connectivity index (χ1n) is 6.03. The quantitative estimate of drug-likeness (QED) is 0.846. The fourth-order valence-corrected chi connectivity index (χ4v) is 4.13. The van der Waals surface area contributed by atoms with Crippen LogP contribution in [0.2, 0.25) is 0 Å². The minimum atomic E-state index is -1.14. The van der Waals surface area contributed by atoms with Crippen molar-refractivity contribution in [2.75, 3.05) is 0 Å². The Hall–Kier alpha value is -1.41. The Balaban J connectivity index is 2.56. The Kier molecular flexibility index (Phi) is 3.09. The summed E-state index contributed by atoms with van der Waals surface area (Å²) in [6.45, 7) is 0. The third-order valence-electron chi connectivity index (χ3n) is 3.44. The van der Waals surface area contributed by atoms with Crippen molar-refractivity contribution in [3.8, 4) is 0 Å². The first-order valence-corrected chi connectivity index (χ1v) is 7.97. The number of alkyl halides is 1. The van der Waals surface area contributed by atoms with Gasteiger partial charge in [0.25, 0.3) is 5.56 Å². The van der Waals surface area contributed by atoms with E-state index < -0.39 is 11.5 Å². The molecule has 0 unspecified atom stereocenters. The van der Waals surface area contributed by atoms with Crippen LogP contribution in [0.1, 0.15) is 34.1 Å². The molecule has 3 rings (SSSR count). The van der Waals surface area contributed by atoms with E-state index in [9.17, 15) is 19.5 Å². The van der Waals surface area contributed by atoms with E-state index in [-0.39, 0.29) is 22.7 Å². The standard InChI is InChI=1S/C12H11BrN2O4S/c1-14-9(16)8-7(11(17)18)6(4-13)20-10(8)15(12(14)19)5-2-3-5/h5H,2-4H2,1H3,(H,17,18). The lowest BCUT2D eigenvalue weighted by atomic mass is 10.2. The zero-order chi connectivity index (χ0) is 14.6. The lowest BCUT2D eigenvalue weighted by molar-refractivity contribution is 0.0698. The van der Waals surface area contributed by atoms with E-state index in [1.807, 2.05) is 0 Å². The maximum atomic E-state index is 12.3. The number of halogens is 1. The molecule has 2 heterocycles.